The van der Waals surface area contributed by atoms with Gasteiger partial charge in [-0.05, 0) is 26.3 Å². The molecule has 1 aromatic heterocycles. The van der Waals surface area contributed by atoms with Gasteiger partial charge in [0.15, 0.2) is 5.75 Å². The molecule has 4 nitrogen and oxygen atoms in total. The third-order valence-electron chi connectivity index (χ3n) is 3.84. The molecule has 0 spiro atoms. The number of aryl methyl sites for hydroxylation is 1. The average molecular weight is 237 g/mol. The Morgan fingerprint density at radius 1 is 1.59 bits per heavy atom. The number of rotatable bonds is 6. The van der Waals surface area contributed by atoms with Crippen LogP contribution in [0.1, 0.15) is 44.3 Å². The number of hydrogen-bond acceptors (Lipinski definition) is 3. The molecule has 0 aliphatic heterocycles. The van der Waals surface area contributed by atoms with Gasteiger partial charge in [-0.2, -0.15) is 5.10 Å². The molecule has 1 N–H and O–H groups in total. The molecule has 0 amide bonds. The van der Waals surface area contributed by atoms with Crippen LogP contribution in [-0.4, -0.2) is 23.9 Å². The molecule has 1 aromatic rings. The van der Waals surface area contributed by atoms with Crippen molar-refractivity contribution in [1.82, 2.24) is 15.1 Å². The van der Waals surface area contributed by atoms with E-state index in [0.29, 0.717) is 6.04 Å². The lowest BCUT2D eigenvalue weighted by Gasteiger charge is -2.30. The summed E-state index contributed by atoms with van der Waals surface area (Å²) in [6, 6.07) is 0.359. The van der Waals surface area contributed by atoms with E-state index < -0.39 is 0 Å². The zero-order chi connectivity index (χ0) is 12.3. The van der Waals surface area contributed by atoms with E-state index in [1.54, 1.807) is 7.11 Å². The molecule has 0 aromatic carbocycles. The van der Waals surface area contributed by atoms with Crippen LogP contribution in [0, 0.1) is 5.92 Å². The zero-order valence-corrected chi connectivity index (χ0v) is 11.1. The predicted octanol–water partition coefficient (Wildman–Crippen LogP) is 2.36. The summed E-state index contributed by atoms with van der Waals surface area (Å²) in [6.07, 6.45) is 7.16. The summed E-state index contributed by atoms with van der Waals surface area (Å²) >= 11 is 0. The Bertz CT molecular complexity index is 336. The van der Waals surface area contributed by atoms with Crippen molar-refractivity contribution in [2.45, 2.75) is 45.2 Å². The van der Waals surface area contributed by atoms with Gasteiger partial charge in [0.1, 0.15) is 0 Å². The maximum Gasteiger partial charge on any atom is 0.161 e. The van der Waals surface area contributed by atoms with Gasteiger partial charge in [-0.25, -0.2) is 0 Å². The normalized spacial score (nSPS) is 17.8. The highest BCUT2D eigenvalue weighted by atomic mass is 16.5. The largest absolute Gasteiger partial charge is 0.493 e. The highest BCUT2D eigenvalue weighted by Crippen LogP contribution is 2.36. The topological polar surface area (TPSA) is 39.1 Å². The number of aromatic nitrogens is 2. The minimum atomic E-state index is 0.359. The van der Waals surface area contributed by atoms with Crippen molar-refractivity contribution >= 4 is 0 Å². The molecule has 1 fully saturated rings. The van der Waals surface area contributed by atoms with Crippen LogP contribution in [0.15, 0.2) is 6.20 Å². The minimum Gasteiger partial charge on any atom is -0.493 e. The van der Waals surface area contributed by atoms with Crippen molar-refractivity contribution in [3.8, 4) is 5.75 Å². The van der Waals surface area contributed by atoms with Crippen molar-refractivity contribution in [2.24, 2.45) is 5.92 Å². The van der Waals surface area contributed by atoms with Crippen molar-refractivity contribution in [3.05, 3.63) is 11.9 Å². The Balaban J connectivity index is 2.17. The van der Waals surface area contributed by atoms with Crippen molar-refractivity contribution in [2.75, 3.05) is 14.2 Å². The molecule has 0 radical (unpaired) electrons. The van der Waals surface area contributed by atoms with E-state index in [9.17, 15) is 0 Å². The van der Waals surface area contributed by atoms with E-state index in [4.69, 9.17) is 4.74 Å². The van der Waals surface area contributed by atoms with Gasteiger partial charge in [0.05, 0.1) is 25.0 Å². The van der Waals surface area contributed by atoms with Crippen LogP contribution >= 0.6 is 0 Å². The molecule has 96 valence electrons. The maximum atomic E-state index is 5.42. The Hall–Kier alpha value is -1.03. The Morgan fingerprint density at radius 2 is 2.35 bits per heavy atom. The molecule has 0 bridgehead atoms. The summed E-state index contributed by atoms with van der Waals surface area (Å²) in [7, 11) is 3.74. The van der Waals surface area contributed by atoms with Gasteiger partial charge in [-0.1, -0.05) is 19.3 Å². The Labute approximate surface area is 103 Å². The first-order valence-corrected chi connectivity index (χ1v) is 6.57. The van der Waals surface area contributed by atoms with Gasteiger partial charge in [0.25, 0.3) is 0 Å². The summed E-state index contributed by atoms with van der Waals surface area (Å²) in [4.78, 5) is 0. The molecule has 1 unspecified atom stereocenters. The minimum absolute atomic E-state index is 0.359. The van der Waals surface area contributed by atoms with Crippen LogP contribution in [0.4, 0.5) is 0 Å². The van der Waals surface area contributed by atoms with Crippen LogP contribution in [0.2, 0.25) is 0 Å². The lowest BCUT2D eigenvalue weighted by molar-refractivity contribution is 0.257. The Kier molecular flexibility index (Phi) is 4.05. The molecule has 2 rings (SSSR count). The van der Waals surface area contributed by atoms with Gasteiger partial charge in [-0.15, -0.1) is 0 Å². The summed E-state index contributed by atoms with van der Waals surface area (Å²) < 4.78 is 7.46. The quantitative estimate of drug-likeness (QED) is 0.825. The lowest BCUT2D eigenvalue weighted by Crippen LogP contribution is -2.25. The van der Waals surface area contributed by atoms with Crippen molar-refractivity contribution in [3.63, 3.8) is 0 Å². The van der Waals surface area contributed by atoms with Gasteiger partial charge in [-0.3, -0.25) is 4.68 Å². The van der Waals surface area contributed by atoms with Crippen molar-refractivity contribution < 1.29 is 4.74 Å². The second-order valence-corrected chi connectivity index (χ2v) is 4.79. The molecule has 1 aliphatic rings. The van der Waals surface area contributed by atoms with Crippen LogP contribution < -0.4 is 10.1 Å². The molecule has 1 atom stereocenters. The van der Waals surface area contributed by atoms with E-state index in [1.165, 1.54) is 31.4 Å². The van der Waals surface area contributed by atoms with E-state index in [2.05, 4.69) is 17.3 Å². The second kappa shape index (κ2) is 5.54. The smallest absolute Gasteiger partial charge is 0.161 e. The number of ether oxygens (including phenoxy) is 1. The van der Waals surface area contributed by atoms with Crippen LogP contribution in [0.5, 0.6) is 5.75 Å². The molecule has 1 heterocycles. The predicted molar refractivity (Wildman–Crippen MR) is 68.2 cm³/mol. The third-order valence-corrected chi connectivity index (χ3v) is 3.84. The molecular formula is C13H23N3O. The van der Waals surface area contributed by atoms with Crippen LogP contribution in [0.3, 0.4) is 0 Å². The molecule has 1 saturated carbocycles. The molecule has 4 heteroatoms. The zero-order valence-electron chi connectivity index (χ0n) is 11.1. The average Bonchev–Trinajstić information content (AvgIpc) is 2.71. The first-order chi connectivity index (χ1) is 8.30. The molecule has 0 saturated heterocycles. The fourth-order valence-electron chi connectivity index (χ4n) is 2.57. The van der Waals surface area contributed by atoms with E-state index in [-0.39, 0.29) is 0 Å². The highest BCUT2D eigenvalue weighted by molar-refractivity contribution is 5.28. The molecule has 1 aliphatic carbocycles. The lowest BCUT2D eigenvalue weighted by atomic mass is 9.80. The first-order valence-electron chi connectivity index (χ1n) is 6.57. The number of nitrogens with zero attached hydrogens (tertiary/aromatic N) is 2. The summed E-state index contributed by atoms with van der Waals surface area (Å²) in [5.41, 5.74) is 1.20. The number of nitrogens with one attached hydrogen (secondary N) is 1. The van der Waals surface area contributed by atoms with Crippen molar-refractivity contribution in [1.29, 1.82) is 0 Å². The van der Waals surface area contributed by atoms with Gasteiger partial charge < -0.3 is 10.1 Å². The third kappa shape index (κ3) is 2.46. The molecular weight excluding hydrogens is 214 g/mol. The first kappa shape index (κ1) is 12.4. The molecule has 17 heavy (non-hydrogen) atoms. The van der Waals surface area contributed by atoms with Gasteiger partial charge >= 0.3 is 0 Å². The Morgan fingerprint density at radius 3 is 2.82 bits per heavy atom. The van der Waals surface area contributed by atoms with E-state index >= 15 is 0 Å². The SMILES string of the molecule is CCn1ncc(OC)c1C(CC1CCC1)NC. The summed E-state index contributed by atoms with van der Waals surface area (Å²) in [6.45, 7) is 3.01. The summed E-state index contributed by atoms with van der Waals surface area (Å²) in [5.74, 6) is 1.78. The maximum absolute atomic E-state index is 5.42. The van der Waals surface area contributed by atoms with Gasteiger partial charge in [0, 0.05) is 6.54 Å². The fraction of sp³-hybridized carbons (Fsp3) is 0.769. The fourth-order valence-corrected chi connectivity index (χ4v) is 2.57. The van der Waals surface area contributed by atoms with E-state index in [1.807, 2.05) is 17.9 Å². The van der Waals surface area contributed by atoms with E-state index in [0.717, 1.165) is 18.2 Å². The standard InChI is InChI=1S/C13H23N3O/c1-4-16-13(12(17-3)9-15-16)11(14-2)8-10-6-5-7-10/h9-11,14H,4-8H2,1-3H3. The highest BCUT2D eigenvalue weighted by Gasteiger charge is 2.26. The van der Waals surface area contributed by atoms with Crippen LogP contribution in [0.25, 0.3) is 0 Å². The monoisotopic (exact) mass is 237 g/mol. The number of hydrogen-bond donors (Lipinski definition) is 1. The van der Waals surface area contributed by atoms with Crippen LogP contribution in [-0.2, 0) is 6.54 Å². The van der Waals surface area contributed by atoms with Gasteiger partial charge in [0.2, 0.25) is 0 Å². The number of methoxy groups -OCH3 is 1. The summed E-state index contributed by atoms with van der Waals surface area (Å²) in [5, 5.41) is 7.79. The second-order valence-electron chi connectivity index (χ2n) is 4.79.